The summed E-state index contributed by atoms with van der Waals surface area (Å²) in [5.41, 5.74) is 4.81. The van der Waals surface area contributed by atoms with Crippen LogP contribution in [0.3, 0.4) is 0 Å². The molecule has 1 spiro atoms. The van der Waals surface area contributed by atoms with E-state index in [0.717, 1.165) is 42.1 Å². The van der Waals surface area contributed by atoms with E-state index in [1.54, 1.807) is 5.01 Å². The molecule has 5 nitrogen and oxygen atoms in total. The molecule has 3 aromatic rings. The van der Waals surface area contributed by atoms with Gasteiger partial charge in [-0.3, -0.25) is 9.69 Å². The topological polar surface area (TPSA) is 39.2 Å². The van der Waals surface area contributed by atoms with Gasteiger partial charge in [-0.05, 0) is 54.8 Å². The maximum atomic E-state index is 14.3. The van der Waals surface area contributed by atoms with Gasteiger partial charge in [0.2, 0.25) is 0 Å². The van der Waals surface area contributed by atoms with Crippen LogP contribution in [0.1, 0.15) is 18.1 Å². The van der Waals surface area contributed by atoms with E-state index in [9.17, 15) is 4.79 Å². The number of rotatable bonds is 3. The van der Waals surface area contributed by atoms with Gasteiger partial charge in [-0.2, -0.15) is 10.1 Å². The van der Waals surface area contributed by atoms with Crippen LogP contribution >= 0.6 is 15.9 Å². The molecular weight excluding hydrogens is 488 g/mol. The molecule has 0 saturated carbocycles. The smallest absolute Gasteiger partial charge is 0.261 e. The number of anilines is 2. The molecule has 6 heteroatoms. The second-order valence-electron chi connectivity index (χ2n) is 9.49. The summed E-state index contributed by atoms with van der Waals surface area (Å²) < 4.78 is 1.04. The first-order chi connectivity index (χ1) is 16.6. The number of fused-ring (bicyclic) bond motifs is 4. The van der Waals surface area contributed by atoms with Crippen LogP contribution in [0.5, 0.6) is 0 Å². The third kappa shape index (κ3) is 3.39. The van der Waals surface area contributed by atoms with Gasteiger partial charge in [-0.1, -0.05) is 64.5 Å². The van der Waals surface area contributed by atoms with Crippen molar-refractivity contribution >= 4 is 38.9 Å². The van der Waals surface area contributed by atoms with Crippen molar-refractivity contribution in [1.82, 2.24) is 4.90 Å². The average molecular weight is 515 g/mol. The van der Waals surface area contributed by atoms with Crippen molar-refractivity contribution in [2.24, 2.45) is 10.5 Å². The van der Waals surface area contributed by atoms with Crippen molar-refractivity contribution < 1.29 is 4.79 Å². The number of carbonyl (C=O) groups is 1. The molecule has 0 aliphatic carbocycles. The van der Waals surface area contributed by atoms with Crippen molar-refractivity contribution in [2.45, 2.75) is 25.9 Å². The third-order valence-electron chi connectivity index (χ3n) is 7.57. The highest BCUT2D eigenvalue weighted by Crippen LogP contribution is 2.48. The molecule has 172 valence electrons. The molecule has 0 radical (unpaired) electrons. The van der Waals surface area contributed by atoms with E-state index in [0.29, 0.717) is 6.42 Å². The van der Waals surface area contributed by atoms with Crippen LogP contribution in [0.15, 0.2) is 88.4 Å². The monoisotopic (exact) mass is 514 g/mol. The van der Waals surface area contributed by atoms with Gasteiger partial charge in [-0.25, -0.2) is 0 Å². The van der Waals surface area contributed by atoms with Crippen LogP contribution in [0, 0.1) is 5.41 Å². The number of halogens is 1. The zero-order chi connectivity index (χ0) is 23.3. The van der Waals surface area contributed by atoms with E-state index in [2.05, 4.69) is 74.3 Å². The lowest BCUT2D eigenvalue weighted by Crippen LogP contribution is -2.66. The van der Waals surface area contributed by atoms with Gasteiger partial charge in [-0.15, -0.1) is 0 Å². The summed E-state index contributed by atoms with van der Waals surface area (Å²) in [6.45, 7) is 5.61. The molecule has 3 aromatic carbocycles. The number of benzene rings is 3. The molecule has 3 heterocycles. The predicted octanol–water partition coefficient (Wildman–Crippen LogP) is 5.11. The number of para-hydroxylation sites is 1. The number of carbonyl (C=O) groups excluding carboxylic acids is 1. The zero-order valence-electron chi connectivity index (χ0n) is 19.2. The normalized spacial score (nSPS) is 24.2. The van der Waals surface area contributed by atoms with Crippen LogP contribution in [0.25, 0.3) is 0 Å². The molecule has 0 bridgehead atoms. The molecule has 34 heavy (non-hydrogen) atoms. The molecule has 0 aromatic heterocycles. The van der Waals surface area contributed by atoms with Gasteiger partial charge in [0, 0.05) is 36.3 Å². The van der Waals surface area contributed by atoms with E-state index in [4.69, 9.17) is 5.10 Å². The highest BCUT2D eigenvalue weighted by molar-refractivity contribution is 9.10. The fraction of sp³-hybridized carbons (Fsp3) is 0.286. The summed E-state index contributed by atoms with van der Waals surface area (Å²) in [5, 5.41) is 6.49. The molecule has 2 atom stereocenters. The Balaban J connectivity index is 1.41. The minimum Gasteiger partial charge on any atom is -0.364 e. The van der Waals surface area contributed by atoms with Crippen molar-refractivity contribution in [3.05, 3.63) is 94.5 Å². The lowest BCUT2D eigenvalue weighted by Gasteiger charge is -2.53. The third-order valence-corrected chi connectivity index (χ3v) is 8.07. The summed E-state index contributed by atoms with van der Waals surface area (Å²) in [6.07, 6.45) is 0.666. The second-order valence-corrected chi connectivity index (χ2v) is 10.4. The zero-order valence-corrected chi connectivity index (χ0v) is 20.8. The van der Waals surface area contributed by atoms with Gasteiger partial charge in [0.05, 0.1) is 17.4 Å². The first-order valence-electron chi connectivity index (χ1n) is 11.8. The maximum absolute atomic E-state index is 14.3. The molecule has 3 aliphatic heterocycles. The standard InChI is InChI=1S/C28H27BrN4O/c1-20-28(27(34)33(30-20)24-10-6-3-7-11-24)17-22-16-23(29)12-13-25(22)32-15-14-31(19-26(28)32)18-21-8-4-2-5-9-21/h2-13,16,26H,14-15,17-19H2,1H3/t26-,28-/m0/s1. The molecule has 3 aliphatic rings. The molecule has 1 amide bonds. The number of nitrogens with zero attached hydrogens (tertiary/aromatic N) is 4. The van der Waals surface area contributed by atoms with Gasteiger partial charge in [0.15, 0.2) is 0 Å². The van der Waals surface area contributed by atoms with E-state index < -0.39 is 5.41 Å². The minimum absolute atomic E-state index is 0.0311. The summed E-state index contributed by atoms with van der Waals surface area (Å²) in [4.78, 5) is 19.2. The highest BCUT2D eigenvalue weighted by Gasteiger charge is 2.59. The van der Waals surface area contributed by atoms with E-state index in [-0.39, 0.29) is 11.9 Å². The van der Waals surface area contributed by atoms with Crippen molar-refractivity contribution in [3.8, 4) is 0 Å². The van der Waals surface area contributed by atoms with Crippen LogP contribution < -0.4 is 9.91 Å². The van der Waals surface area contributed by atoms with Crippen LogP contribution in [0.2, 0.25) is 0 Å². The van der Waals surface area contributed by atoms with Crippen molar-refractivity contribution in [1.29, 1.82) is 0 Å². The van der Waals surface area contributed by atoms with Gasteiger partial charge in [0.1, 0.15) is 5.41 Å². The van der Waals surface area contributed by atoms with E-state index in [1.807, 2.05) is 37.3 Å². The Morgan fingerprint density at radius 3 is 2.50 bits per heavy atom. The number of piperazine rings is 1. The Bertz CT molecular complexity index is 1260. The Kier molecular flexibility index (Phi) is 5.30. The van der Waals surface area contributed by atoms with Crippen LogP contribution in [0.4, 0.5) is 11.4 Å². The minimum atomic E-state index is -0.682. The number of hydrogen-bond acceptors (Lipinski definition) is 4. The van der Waals surface area contributed by atoms with Gasteiger partial charge < -0.3 is 4.90 Å². The molecule has 0 N–H and O–H groups in total. The quantitative estimate of drug-likeness (QED) is 0.487. The second kappa shape index (κ2) is 8.36. The summed E-state index contributed by atoms with van der Waals surface area (Å²) in [5.74, 6) is 0.0818. The van der Waals surface area contributed by atoms with Gasteiger partial charge >= 0.3 is 0 Å². The SMILES string of the molecule is CC1=NN(c2ccccc2)C(=O)[C@@]12Cc1cc(Br)ccc1N1CCN(Cc3ccccc3)C[C@H]12. The maximum Gasteiger partial charge on any atom is 0.261 e. The number of amides is 1. The van der Waals surface area contributed by atoms with E-state index >= 15 is 0 Å². The first kappa shape index (κ1) is 21.6. The molecule has 1 saturated heterocycles. The highest BCUT2D eigenvalue weighted by atomic mass is 79.9. The summed E-state index contributed by atoms with van der Waals surface area (Å²) >= 11 is 3.65. The van der Waals surface area contributed by atoms with Crippen LogP contribution in [-0.2, 0) is 17.8 Å². The lowest BCUT2D eigenvalue weighted by atomic mass is 9.67. The Hall–Kier alpha value is -2.96. The fourth-order valence-corrected chi connectivity index (χ4v) is 6.30. The summed E-state index contributed by atoms with van der Waals surface area (Å²) in [7, 11) is 0. The number of hydrogen-bond donors (Lipinski definition) is 0. The Morgan fingerprint density at radius 2 is 1.74 bits per heavy atom. The predicted molar refractivity (Wildman–Crippen MR) is 140 cm³/mol. The molecular formula is C28H27BrN4O. The lowest BCUT2D eigenvalue weighted by molar-refractivity contribution is -0.125. The van der Waals surface area contributed by atoms with Crippen molar-refractivity contribution in [3.63, 3.8) is 0 Å². The Labute approximate surface area is 208 Å². The molecule has 1 fully saturated rings. The van der Waals surface area contributed by atoms with Crippen molar-refractivity contribution in [2.75, 3.05) is 29.5 Å². The van der Waals surface area contributed by atoms with Crippen LogP contribution in [-0.4, -0.2) is 42.2 Å². The average Bonchev–Trinajstić information content (AvgIpc) is 3.11. The molecule has 0 unspecified atom stereocenters. The first-order valence-corrected chi connectivity index (χ1v) is 12.6. The number of hydrazone groups is 1. The largest absolute Gasteiger partial charge is 0.364 e. The van der Waals surface area contributed by atoms with Gasteiger partial charge in [0.25, 0.3) is 5.91 Å². The van der Waals surface area contributed by atoms with E-state index in [1.165, 1.54) is 16.8 Å². The Morgan fingerprint density at radius 1 is 1.00 bits per heavy atom. The molecule has 6 rings (SSSR count). The fourth-order valence-electron chi connectivity index (χ4n) is 5.89. The summed E-state index contributed by atoms with van der Waals surface area (Å²) in [6, 6.07) is 26.9.